The first kappa shape index (κ1) is 12.7. The minimum Gasteiger partial charge on any atom is -0.481 e. The number of carboxylic acids is 1. The topological polar surface area (TPSA) is 63.6 Å². The van der Waals surface area contributed by atoms with E-state index in [1.807, 2.05) is 16.8 Å². The summed E-state index contributed by atoms with van der Waals surface area (Å²) in [6.07, 6.45) is 0.865. The maximum atomic E-state index is 11.3. The Balaban J connectivity index is 2.51. The molecule has 1 atom stereocenters. The Bertz CT molecular complexity index is 345. The second kappa shape index (κ2) is 6.27. The molecule has 0 aromatic carbocycles. The van der Waals surface area contributed by atoms with E-state index in [-0.39, 0.29) is 13.0 Å². The zero-order chi connectivity index (χ0) is 12.0. The first-order chi connectivity index (χ1) is 7.65. The Labute approximate surface area is 97.9 Å². The molecule has 1 unspecified atom stereocenters. The molecule has 0 saturated heterocycles. The van der Waals surface area contributed by atoms with Gasteiger partial charge in [0, 0.05) is 0 Å². The Morgan fingerprint density at radius 2 is 2.31 bits per heavy atom. The number of thiophene rings is 1. The van der Waals surface area contributed by atoms with E-state index in [0.717, 1.165) is 5.56 Å². The second-order valence-electron chi connectivity index (χ2n) is 3.31. The van der Waals surface area contributed by atoms with Crippen LogP contribution in [0.15, 0.2) is 16.8 Å². The van der Waals surface area contributed by atoms with Crippen LogP contribution in [-0.4, -0.2) is 23.7 Å². The molecule has 0 amide bonds. The van der Waals surface area contributed by atoms with Crippen molar-refractivity contribution in [3.8, 4) is 0 Å². The predicted molar refractivity (Wildman–Crippen MR) is 60.4 cm³/mol. The Morgan fingerprint density at radius 3 is 2.81 bits per heavy atom. The summed E-state index contributed by atoms with van der Waals surface area (Å²) in [7, 11) is 0. The molecule has 1 N–H and O–H groups in total. The molecule has 0 fully saturated rings. The highest BCUT2D eigenvalue weighted by atomic mass is 32.1. The van der Waals surface area contributed by atoms with E-state index in [4.69, 9.17) is 9.84 Å². The summed E-state index contributed by atoms with van der Waals surface area (Å²) in [6.45, 7) is 1.87. The van der Waals surface area contributed by atoms with Crippen LogP contribution in [0.4, 0.5) is 0 Å². The summed E-state index contributed by atoms with van der Waals surface area (Å²) < 4.78 is 4.72. The molecule has 0 radical (unpaired) electrons. The van der Waals surface area contributed by atoms with E-state index in [0.29, 0.717) is 6.42 Å². The van der Waals surface area contributed by atoms with Crippen LogP contribution in [0.5, 0.6) is 0 Å². The van der Waals surface area contributed by atoms with Gasteiger partial charge in [0.25, 0.3) is 0 Å². The molecule has 0 aliphatic heterocycles. The Hall–Kier alpha value is -1.36. The largest absolute Gasteiger partial charge is 0.481 e. The third kappa shape index (κ3) is 3.66. The van der Waals surface area contributed by atoms with Crippen molar-refractivity contribution >= 4 is 23.3 Å². The van der Waals surface area contributed by atoms with Gasteiger partial charge in [0.2, 0.25) is 0 Å². The second-order valence-corrected chi connectivity index (χ2v) is 4.09. The molecule has 0 spiro atoms. The standard InChI is InChI=1S/C11H14O4S/c1-2-15-11(14)9(10(12)13)4-3-8-5-6-16-7-8/h5-7,9H,2-4H2,1H3,(H,12,13). The lowest BCUT2D eigenvalue weighted by molar-refractivity contribution is -0.158. The number of esters is 1. The van der Waals surface area contributed by atoms with Crippen LogP contribution >= 0.6 is 11.3 Å². The minimum atomic E-state index is -1.12. The van der Waals surface area contributed by atoms with Gasteiger partial charge in [-0.1, -0.05) is 0 Å². The molecule has 0 saturated carbocycles. The van der Waals surface area contributed by atoms with E-state index in [9.17, 15) is 9.59 Å². The predicted octanol–water partition coefficient (Wildman–Crippen LogP) is 1.94. The van der Waals surface area contributed by atoms with Gasteiger partial charge < -0.3 is 9.84 Å². The van der Waals surface area contributed by atoms with Gasteiger partial charge >= 0.3 is 11.9 Å². The monoisotopic (exact) mass is 242 g/mol. The number of ether oxygens (including phenoxy) is 1. The van der Waals surface area contributed by atoms with Crippen molar-refractivity contribution in [3.05, 3.63) is 22.4 Å². The molecule has 1 aromatic rings. The highest BCUT2D eigenvalue weighted by Gasteiger charge is 2.27. The Morgan fingerprint density at radius 1 is 1.56 bits per heavy atom. The maximum Gasteiger partial charge on any atom is 0.320 e. The molecular weight excluding hydrogens is 228 g/mol. The first-order valence-electron chi connectivity index (χ1n) is 5.05. The molecular formula is C11H14O4S. The zero-order valence-electron chi connectivity index (χ0n) is 9.01. The van der Waals surface area contributed by atoms with Gasteiger partial charge in [0.15, 0.2) is 5.92 Å². The van der Waals surface area contributed by atoms with Gasteiger partial charge in [-0.3, -0.25) is 9.59 Å². The lowest BCUT2D eigenvalue weighted by atomic mass is 10.0. The highest BCUT2D eigenvalue weighted by molar-refractivity contribution is 7.07. The number of aliphatic carboxylic acids is 1. The number of carbonyl (C=O) groups is 2. The number of hydrogen-bond donors (Lipinski definition) is 1. The smallest absolute Gasteiger partial charge is 0.320 e. The van der Waals surface area contributed by atoms with Crippen molar-refractivity contribution in [1.82, 2.24) is 0 Å². The number of rotatable bonds is 6. The minimum absolute atomic E-state index is 0.209. The van der Waals surface area contributed by atoms with E-state index in [1.165, 1.54) is 0 Å². The summed E-state index contributed by atoms with van der Waals surface area (Å²) >= 11 is 1.55. The lowest BCUT2D eigenvalue weighted by Crippen LogP contribution is -2.26. The fourth-order valence-electron chi connectivity index (χ4n) is 1.33. The van der Waals surface area contributed by atoms with E-state index < -0.39 is 17.9 Å². The molecule has 88 valence electrons. The Kier molecular flexibility index (Phi) is 4.98. The third-order valence-electron chi connectivity index (χ3n) is 2.17. The average Bonchev–Trinajstić information content (AvgIpc) is 2.70. The van der Waals surface area contributed by atoms with Gasteiger partial charge in [-0.2, -0.15) is 11.3 Å². The molecule has 16 heavy (non-hydrogen) atoms. The van der Waals surface area contributed by atoms with Crippen molar-refractivity contribution in [2.75, 3.05) is 6.61 Å². The average molecular weight is 242 g/mol. The van der Waals surface area contributed by atoms with E-state index in [1.54, 1.807) is 18.3 Å². The molecule has 0 aliphatic carbocycles. The van der Waals surface area contributed by atoms with Gasteiger partial charge in [-0.25, -0.2) is 0 Å². The van der Waals surface area contributed by atoms with Gasteiger partial charge in [-0.05, 0) is 42.2 Å². The van der Waals surface area contributed by atoms with Crippen molar-refractivity contribution in [2.45, 2.75) is 19.8 Å². The van der Waals surface area contributed by atoms with Gasteiger partial charge in [-0.15, -0.1) is 0 Å². The third-order valence-corrected chi connectivity index (χ3v) is 2.90. The molecule has 1 heterocycles. The quantitative estimate of drug-likeness (QED) is 0.611. The van der Waals surface area contributed by atoms with Gasteiger partial charge in [0.1, 0.15) is 0 Å². The highest BCUT2D eigenvalue weighted by Crippen LogP contribution is 2.14. The summed E-state index contributed by atoms with van der Waals surface area (Å²) in [5, 5.41) is 12.8. The van der Waals surface area contributed by atoms with Crippen LogP contribution in [0.25, 0.3) is 0 Å². The zero-order valence-corrected chi connectivity index (χ0v) is 9.83. The number of aryl methyl sites for hydroxylation is 1. The molecule has 4 nitrogen and oxygen atoms in total. The first-order valence-corrected chi connectivity index (χ1v) is 6.00. The number of carbonyl (C=O) groups excluding carboxylic acids is 1. The van der Waals surface area contributed by atoms with Crippen molar-refractivity contribution in [2.24, 2.45) is 5.92 Å². The van der Waals surface area contributed by atoms with Crippen LogP contribution in [0, 0.1) is 5.92 Å². The summed E-state index contributed by atoms with van der Waals surface area (Å²) in [5.41, 5.74) is 1.06. The van der Waals surface area contributed by atoms with Crippen LogP contribution in [-0.2, 0) is 20.7 Å². The SMILES string of the molecule is CCOC(=O)C(CCc1ccsc1)C(=O)O. The normalized spacial score (nSPS) is 12.1. The molecule has 0 aliphatic rings. The molecule has 1 rings (SSSR count). The number of carboxylic acid groups (broad SMARTS) is 1. The van der Waals surface area contributed by atoms with Crippen LogP contribution in [0.1, 0.15) is 18.9 Å². The van der Waals surface area contributed by atoms with Crippen molar-refractivity contribution in [1.29, 1.82) is 0 Å². The summed E-state index contributed by atoms with van der Waals surface area (Å²) in [4.78, 5) is 22.2. The fraction of sp³-hybridized carbons (Fsp3) is 0.455. The van der Waals surface area contributed by atoms with Crippen molar-refractivity contribution < 1.29 is 19.4 Å². The van der Waals surface area contributed by atoms with Crippen LogP contribution < -0.4 is 0 Å². The van der Waals surface area contributed by atoms with E-state index >= 15 is 0 Å². The fourth-order valence-corrected chi connectivity index (χ4v) is 2.03. The van der Waals surface area contributed by atoms with Gasteiger partial charge in [0.05, 0.1) is 6.61 Å². The maximum absolute atomic E-state index is 11.3. The number of hydrogen-bond acceptors (Lipinski definition) is 4. The van der Waals surface area contributed by atoms with E-state index in [2.05, 4.69) is 0 Å². The van der Waals surface area contributed by atoms with Crippen molar-refractivity contribution in [3.63, 3.8) is 0 Å². The summed E-state index contributed by atoms with van der Waals surface area (Å²) in [6, 6.07) is 1.93. The lowest BCUT2D eigenvalue weighted by Gasteiger charge is -2.10. The van der Waals surface area contributed by atoms with Crippen LogP contribution in [0.3, 0.4) is 0 Å². The summed E-state index contributed by atoms with van der Waals surface area (Å²) in [5.74, 6) is -2.82. The van der Waals surface area contributed by atoms with Crippen LogP contribution in [0.2, 0.25) is 0 Å². The molecule has 1 aromatic heterocycles. The molecule has 5 heteroatoms. The molecule has 0 bridgehead atoms.